The number of allylic oxidation sites excluding steroid dienone is 2. The second-order valence-corrected chi connectivity index (χ2v) is 3.03. The Kier molecular flexibility index (Phi) is 3.14. The molecule has 0 bridgehead atoms. The van der Waals surface area contributed by atoms with Crippen molar-refractivity contribution < 1.29 is 14.3 Å². The highest BCUT2D eigenvalue weighted by atomic mass is 16.5. The van der Waals surface area contributed by atoms with Gasteiger partial charge in [-0.15, -0.1) is 0 Å². The van der Waals surface area contributed by atoms with Crippen molar-refractivity contribution in [3.63, 3.8) is 0 Å². The Morgan fingerprint density at radius 2 is 2.58 bits per heavy atom. The smallest absolute Gasteiger partial charge is 0.302 e. The van der Waals surface area contributed by atoms with E-state index in [2.05, 4.69) is 0 Å². The normalized spacial score (nSPS) is 22.5. The lowest BCUT2D eigenvalue weighted by Gasteiger charge is -2.20. The van der Waals surface area contributed by atoms with Crippen molar-refractivity contribution in [2.45, 2.75) is 20.3 Å². The van der Waals surface area contributed by atoms with Gasteiger partial charge in [0.25, 0.3) is 0 Å². The molecule has 1 aliphatic rings. The summed E-state index contributed by atoms with van der Waals surface area (Å²) in [5.41, 5.74) is 0. The van der Waals surface area contributed by atoms with Gasteiger partial charge in [0, 0.05) is 12.8 Å². The largest absolute Gasteiger partial charge is 0.498 e. The van der Waals surface area contributed by atoms with Gasteiger partial charge in [-0.05, 0) is 19.4 Å². The average molecular weight is 170 g/mol. The van der Waals surface area contributed by atoms with Gasteiger partial charge in [0.1, 0.15) is 0 Å². The monoisotopic (exact) mass is 170 g/mol. The predicted molar refractivity (Wildman–Crippen MR) is 44.4 cm³/mol. The van der Waals surface area contributed by atoms with Crippen molar-refractivity contribution in [3.05, 3.63) is 11.8 Å². The molecule has 3 nitrogen and oxygen atoms in total. The average Bonchev–Trinajstić information content (AvgIpc) is 2.03. The van der Waals surface area contributed by atoms with Gasteiger partial charge in [-0.2, -0.15) is 0 Å². The first-order valence-electron chi connectivity index (χ1n) is 4.11. The quantitative estimate of drug-likeness (QED) is 0.589. The molecule has 0 aromatic heterocycles. The summed E-state index contributed by atoms with van der Waals surface area (Å²) < 4.78 is 10.2. The van der Waals surface area contributed by atoms with Gasteiger partial charge in [0.2, 0.25) is 0 Å². The van der Waals surface area contributed by atoms with E-state index in [0.29, 0.717) is 19.1 Å². The molecule has 1 atom stereocenters. The molecule has 0 aromatic rings. The van der Waals surface area contributed by atoms with E-state index in [-0.39, 0.29) is 5.97 Å². The third-order valence-corrected chi connectivity index (χ3v) is 1.81. The van der Waals surface area contributed by atoms with Crippen LogP contribution in [0.1, 0.15) is 20.3 Å². The van der Waals surface area contributed by atoms with Gasteiger partial charge >= 0.3 is 5.97 Å². The van der Waals surface area contributed by atoms with E-state index in [0.717, 1.165) is 12.2 Å². The molecule has 0 saturated carbocycles. The second kappa shape index (κ2) is 4.14. The molecule has 3 heteroatoms. The van der Waals surface area contributed by atoms with E-state index in [1.165, 1.54) is 6.92 Å². The maximum absolute atomic E-state index is 10.5. The fourth-order valence-corrected chi connectivity index (χ4v) is 1.06. The maximum atomic E-state index is 10.5. The van der Waals surface area contributed by atoms with Gasteiger partial charge in [-0.25, -0.2) is 0 Å². The van der Waals surface area contributed by atoms with Crippen molar-refractivity contribution in [1.82, 2.24) is 0 Å². The highest BCUT2D eigenvalue weighted by Gasteiger charge is 2.14. The lowest BCUT2D eigenvalue weighted by atomic mass is 10.1. The van der Waals surface area contributed by atoms with Crippen LogP contribution in [-0.4, -0.2) is 19.2 Å². The molecular formula is C9H14O3. The number of ether oxygens (including phenoxy) is 2. The maximum Gasteiger partial charge on any atom is 0.302 e. The summed E-state index contributed by atoms with van der Waals surface area (Å²) in [7, 11) is 0. The molecule has 0 radical (unpaired) electrons. The number of hydrogen-bond acceptors (Lipinski definition) is 3. The van der Waals surface area contributed by atoms with Crippen molar-refractivity contribution in [1.29, 1.82) is 0 Å². The first-order chi connectivity index (χ1) is 5.68. The van der Waals surface area contributed by atoms with E-state index in [1.54, 1.807) is 0 Å². The molecule has 1 unspecified atom stereocenters. The first-order valence-corrected chi connectivity index (χ1v) is 4.11. The molecule has 0 spiro atoms. The number of carbonyl (C=O) groups is 1. The molecule has 0 amide bonds. The van der Waals surface area contributed by atoms with Crippen LogP contribution in [0.2, 0.25) is 0 Å². The van der Waals surface area contributed by atoms with Crippen LogP contribution in [0.4, 0.5) is 0 Å². The zero-order valence-corrected chi connectivity index (χ0v) is 7.50. The molecule has 1 aliphatic heterocycles. The molecular weight excluding hydrogens is 156 g/mol. The standard InChI is InChI=1S/C9H14O3/c1-7-3-4-9(5-11-7)6-12-8(2)10/h3,9H,4-6H2,1-2H3. The highest BCUT2D eigenvalue weighted by Crippen LogP contribution is 2.15. The van der Waals surface area contributed by atoms with Crippen molar-refractivity contribution in [3.8, 4) is 0 Å². The van der Waals surface area contributed by atoms with Gasteiger partial charge in [-0.3, -0.25) is 4.79 Å². The molecule has 68 valence electrons. The number of carbonyl (C=O) groups excluding carboxylic acids is 1. The van der Waals surface area contributed by atoms with Crippen LogP contribution in [0.3, 0.4) is 0 Å². The summed E-state index contributed by atoms with van der Waals surface area (Å²) in [6.07, 6.45) is 2.97. The Balaban J connectivity index is 2.23. The lowest BCUT2D eigenvalue weighted by Crippen LogP contribution is -2.19. The minimum Gasteiger partial charge on any atom is -0.498 e. The van der Waals surface area contributed by atoms with Gasteiger partial charge in [0.15, 0.2) is 0 Å². The Labute approximate surface area is 72.4 Å². The lowest BCUT2D eigenvalue weighted by molar-refractivity contribution is -0.142. The fraction of sp³-hybridized carbons (Fsp3) is 0.667. The van der Waals surface area contributed by atoms with E-state index >= 15 is 0 Å². The van der Waals surface area contributed by atoms with Crippen molar-refractivity contribution in [2.24, 2.45) is 5.92 Å². The molecule has 0 aliphatic carbocycles. The van der Waals surface area contributed by atoms with Crippen LogP contribution >= 0.6 is 0 Å². The summed E-state index contributed by atoms with van der Waals surface area (Å²) in [4.78, 5) is 10.5. The van der Waals surface area contributed by atoms with Crippen LogP contribution < -0.4 is 0 Å². The minimum atomic E-state index is -0.221. The van der Waals surface area contributed by atoms with Gasteiger partial charge < -0.3 is 9.47 Å². The second-order valence-electron chi connectivity index (χ2n) is 3.03. The number of esters is 1. The van der Waals surface area contributed by atoms with E-state index in [4.69, 9.17) is 9.47 Å². The third kappa shape index (κ3) is 2.95. The molecule has 1 heterocycles. The Morgan fingerprint density at radius 1 is 1.83 bits per heavy atom. The number of hydrogen-bond donors (Lipinski definition) is 0. The van der Waals surface area contributed by atoms with E-state index in [9.17, 15) is 4.79 Å². The van der Waals surface area contributed by atoms with Crippen LogP contribution in [0.5, 0.6) is 0 Å². The fourth-order valence-electron chi connectivity index (χ4n) is 1.06. The zero-order valence-electron chi connectivity index (χ0n) is 7.50. The van der Waals surface area contributed by atoms with Gasteiger partial charge in [0.05, 0.1) is 19.0 Å². The SMILES string of the molecule is CC(=O)OCC1CC=C(C)OC1. The van der Waals surface area contributed by atoms with Crippen LogP contribution in [0, 0.1) is 5.92 Å². The van der Waals surface area contributed by atoms with Crippen LogP contribution in [0.25, 0.3) is 0 Å². The third-order valence-electron chi connectivity index (χ3n) is 1.81. The molecule has 0 saturated heterocycles. The summed E-state index contributed by atoms with van der Waals surface area (Å²) >= 11 is 0. The number of rotatable bonds is 2. The summed E-state index contributed by atoms with van der Waals surface area (Å²) in [6, 6.07) is 0. The molecule has 12 heavy (non-hydrogen) atoms. The molecule has 0 aromatic carbocycles. The van der Waals surface area contributed by atoms with Crippen LogP contribution in [0.15, 0.2) is 11.8 Å². The summed E-state index contributed by atoms with van der Waals surface area (Å²) in [5.74, 6) is 1.08. The van der Waals surface area contributed by atoms with Crippen molar-refractivity contribution in [2.75, 3.05) is 13.2 Å². The van der Waals surface area contributed by atoms with Gasteiger partial charge in [-0.1, -0.05) is 0 Å². The molecule has 0 N–H and O–H groups in total. The summed E-state index contributed by atoms with van der Waals surface area (Å²) in [6.45, 7) is 4.49. The summed E-state index contributed by atoms with van der Waals surface area (Å²) in [5, 5.41) is 0. The predicted octanol–water partition coefficient (Wildman–Crippen LogP) is 1.49. The van der Waals surface area contributed by atoms with Crippen molar-refractivity contribution >= 4 is 5.97 Å². The highest BCUT2D eigenvalue weighted by molar-refractivity contribution is 5.65. The molecule has 0 fully saturated rings. The Morgan fingerprint density at radius 3 is 3.08 bits per heavy atom. The first kappa shape index (κ1) is 9.10. The Bertz CT molecular complexity index is 196. The molecule has 1 rings (SSSR count). The van der Waals surface area contributed by atoms with E-state index in [1.807, 2.05) is 13.0 Å². The van der Waals surface area contributed by atoms with E-state index < -0.39 is 0 Å². The topological polar surface area (TPSA) is 35.5 Å². The zero-order chi connectivity index (χ0) is 8.97. The minimum absolute atomic E-state index is 0.221. The van der Waals surface area contributed by atoms with Crippen LogP contribution in [-0.2, 0) is 14.3 Å². The Hall–Kier alpha value is -0.990.